The number of hydrogen-bond acceptors (Lipinski definition) is 3. The van der Waals surface area contributed by atoms with E-state index in [2.05, 4.69) is 5.32 Å². The van der Waals surface area contributed by atoms with Crippen LogP contribution in [0.15, 0.2) is 71.6 Å². The molecule has 0 heterocycles. The molecule has 0 saturated carbocycles. The summed E-state index contributed by atoms with van der Waals surface area (Å²) in [6, 6.07) is 20.0. The Hall–Kier alpha value is -2.70. The summed E-state index contributed by atoms with van der Waals surface area (Å²) in [6.45, 7) is 0.366. The summed E-state index contributed by atoms with van der Waals surface area (Å²) in [5.41, 5.74) is 1.32. The second-order valence-electron chi connectivity index (χ2n) is 6.14. The van der Waals surface area contributed by atoms with E-state index in [1.807, 2.05) is 42.5 Å². The Kier molecular flexibility index (Phi) is 5.06. The second kappa shape index (κ2) is 7.27. The van der Waals surface area contributed by atoms with Gasteiger partial charge >= 0.3 is 0 Å². The van der Waals surface area contributed by atoms with Crippen molar-refractivity contribution in [2.75, 3.05) is 14.1 Å². The highest BCUT2D eigenvalue weighted by Crippen LogP contribution is 2.19. The third kappa shape index (κ3) is 3.61. The monoisotopic (exact) mass is 368 g/mol. The molecule has 26 heavy (non-hydrogen) atoms. The van der Waals surface area contributed by atoms with E-state index < -0.39 is 10.0 Å². The van der Waals surface area contributed by atoms with Crippen LogP contribution in [0.2, 0.25) is 0 Å². The lowest BCUT2D eigenvalue weighted by Gasteiger charge is -2.12. The molecule has 0 bridgehead atoms. The van der Waals surface area contributed by atoms with E-state index in [0.29, 0.717) is 12.1 Å². The molecule has 5 nitrogen and oxygen atoms in total. The van der Waals surface area contributed by atoms with Crippen molar-refractivity contribution in [1.29, 1.82) is 0 Å². The minimum absolute atomic E-state index is 0.0975. The zero-order chi connectivity index (χ0) is 18.7. The van der Waals surface area contributed by atoms with E-state index >= 15 is 0 Å². The van der Waals surface area contributed by atoms with Crippen molar-refractivity contribution in [2.45, 2.75) is 11.4 Å². The van der Waals surface area contributed by atoms with Crippen molar-refractivity contribution in [3.63, 3.8) is 0 Å². The van der Waals surface area contributed by atoms with Gasteiger partial charge in [-0.05, 0) is 34.5 Å². The Morgan fingerprint density at radius 1 is 0.962 bits per heavy atom. The first-order chi connectivity index (χ1) is 12.4. The van der Waals surface area contributed by atoms with Crippen LogP contribution in [-0.2, 0) is 16.6 Å². The first-order valence-electron chi connectivity index (χ1n) is 8.17. The quantitative estimate of drug-likeness (QED) is 0.753. The van der Waals surface area contributed by atoms with E-state index in [-0.39, 0.29) is 10.8 Å². The number of sulfonamides is 1. The molecular weight excluding hydrogens is 348 g/mol. The number of amides is 1. The normalized spacial score (nSPS) is 11.7. The van der Waals surface area contributed by atoms with Crippen LogP contribution < -0.4 is 5.32 Å². The van der Waals surface area contributed by atoms with Crippen LogP contribution >= 0.6 is 0 Å². The average molecular weight is 368 g/mol. The Bertz CT molecular complexity index is 1050. The van der Waals surface area contributed by atoms with Gasteiger partial charge in [-0.25, -0.2) is 12.7 Å². The van der Waals surface area contributed by atoms with Crippen molar-refractivity contribution >= 4 is 26.7 Å². The zero-order valence-corrected chi connectivity index (χ0v) is 15.5. The van der Waals surface area contributed by atoms with Crippen LogP contribution in [0.4, 0.5) is 0 Å². The summed E-state index contributed by atoms with van der Waals surface area (Å²) in [5.74, 6) is -0.311. The molecule has 0 saturated heterocycles. The molecule has 1 N–H and O–H groups in total. The van der Waals surface area contributed by atoms with Gasteiger partial charge in [0, 0.05) is 26.2 Å². The number of benzene rings is 3. The van der Waals surface area contributed by atoms with Crippen LogP contribution in [0.5, 0.6) is 0 Å². The van der Waals surface area contributed by atoms with Crippen LogP contribution in [0.1, 0.15) is 15.9 Å². The molecule has 1 amide bonds. The van der Waals surface area contributed by atoms with Crippen molar-refractivity contribution in [3.05, 3.63) is 77.9 Å². The summed E-state index contributed by atoms with van der Waals surface area (Å²) in [5, 5.41) is 5.06. The average Bonchev–Trinajstić information content (AvgIpc) is 2.66. The van der Waals surface area contributed by atoms with Gasteiger partial charge in [-0.1, -0.05) is 48.5 Å². The molecule has 0 aliphatic carbocycles. The number of rotatable bonds is 5. The topological polar surface area (TPSA) is 66.5 Å². The molecular formula is C20H20N2O3S. The van der Waals surface area contributed by atoms with E-state index in [1.165, 1.54) is 26.2 Å². The number of carbonyl (C=O) groups is 1. The molecule has 3 rings (SSSR count). The van der Waals surface area contributed by atoms with Crippen LogP contribution in [0, 0.1) is 0 Å². The van der Waals surface area contributed by atoms with Gasteiger partial charge in [-0.3, -0.25) is 4.79 Å². The molecule has 0 aromatic heterocycles. The Labute approximate surface area is 153 Å². The van der Waals surface area contributed by atoms with Gasteiger partial charge in [0.2, 0.25) is 10.0 Å². The first kappa shape index (κ1) is 18.1. The highest BCUT2D eigenvalue weighted by atomic mass is 32.2. The van der Waals surface area contributed by atoms with Gasteiger partial charge in [0.15, 0.2) is 0 Å². The Morgan fingerprint density at radius 2 is 1.65 bits per heavy atom. The van der Waals surface area contributed by atoms with Gasteiger partial charge < -0.3 is 5.32 Å². The lowest BCUT2D eigenvalue weighted by molar-refractivity contribution is 0.0951. The Balaban J connectivity index is 1.81. The maximum atomic E-state index is 12.5. The maximum Gasteiger partial charge on any atom is 0.251 e. The molecule has 3 aromatic rings. The zero-order valence-electron chi connectivity index (χ0n) is 14.6. The molecule has 0 fully saturated rings. The number of carbonyl (C=O) groups excluding carboxylic acids is 1. The highest BCUT2D eigenvalue weighted by Gasteiger charge is 2.18. The summed E-state index contributed by atoms with van der Waals surface area (Å²) >= 11 is 0. The number of nitrogens with zero attached hydrogens (tertiary/aromatic N) is 1. The lowest BCUT2D eigenvalue weighted by atomic mass is 10.0. The van der Waals surface area contributed by atoms with Gasteiger partial charge in [0.25, 0.3) is 5.91 Å². The number of hydrogen-bond donors (Lipinski definition) is 1. The number of fused-ring (bicyclic) bond motifs is 1. The predicted molar refractivity (Wildman–Crippen MR) is 102 cm³/mol. The Morgan fingerprint density at radius 3 is 2.42 bits per heavy atom. The molecule has 134 valence electrons. The fourth-order valence-corrected chi connectivity index (χ4v) is 3.68. The van der Waals surface area contributed by atoms with E-state index in [9.17, 15) is 13.2 Å². The molecule has 0 spiro atoms. The van der Waals surface area contributed by atoms with Gasteiger partial charge in [-0.15, -0.1) is 0 Å². The van der Waals surface area contributed by atoms with Crippen molar-refractivity contribution in [1.82, 2.24) is 9.62 Å². The van der Waals surface area contributed by atoms with Crippen LogP contribution in [-0.4, -0.2) is 32.7 Å². The summed E-state index contributed by atoms with van der Waals surface area (Å²) < 4.78 is 25.6. The van der Waals surface area contributed by atoms with Crippen molar-refractivity contribution < 1.29 is 13.2 Å². The van der Waals surface area contributed by atoms with Crippen LogP contribution in [0.3, 0.4) is 0 Å². The van der Waals surface area contributed by atoms with E-state index in [4.69, 9.17) is 0 Å². The van der Waals surface area contributed by atoms with Crippen molar-refractivity contribution in [3.8, 4) is 0 Å². The molecule has 0 radical (unpaired) electrons. The van der Waals surface area contributed by atoms with Gasteiger partial charge in [-0.2, -0.15) is 0 Å². The smallest absolute Gasteiger partial charge is 0.251 e. The fourth-order valence-electron chi connectivity index (χ4n) is 2.73. The fraction of sp³-hybridized carbons (Fsp3) is 0.150. The predicted octanol–water partition coefficient (Wildman–Crippen LogP) is 3.02. The second-order valence-corrected chi connectivity index (χ2v) is 8.29. The minimum atomic E-state index is -3.58. The van der Waals surface area contributed by atoms with E-state index in [0.717, 1.165) is 20.6 Å². The SMILES string of the molecule is CN(C)S(=O)(=O)c1cccc(C(=O)NCc2cccc3ccccc23)c1. The van der Waals surface area contributed by atoms with Gasteiger partial charge in [0.05, 0.1) is 4.90 Å². The maximum absolute atomic E-state index is 12.5. The van der Waals surface area contributed by atoms with Gasteiger partial charge in [0.1, 0.15) is 0 Å². The third-order valence-electron chi connectivity index (χ3n) is 4.19. The molecule has 0 atom stereocenters. The standard InChI is InChI=1S/C20H20N2O3S/c1-22(2)26(24,25)18-11-6-9-16(13-18)20(23)21-14-17-10-5-8-15-7-3-4-12-19(15)17/h3-13H,14H2,1-2H3,(H,21,23). The minimum Gasteiger partial charge on any atom is -0.348 e. The molecule has 0 aliphatic heterocycles. The molecule has 0 unspecified atom stereocenters. The first-order valence-corrected chi connectivity index (χ1v) is 9.61. The molecule has 6 heteroatoms. The molecule has 3 aromatic carbocycles. The van der Waals surface area contributed by atoms with Crippen molar-refractivity contribution in [2.24, 2.45) is 0 Å². The largest absolute Gasteiger partial charge is 0.348 e. The van der Waals surface area contributed by atoms with E-state index in [1.54, 1.807) is 12.1 Å². The summed E-state index contributed by atoms with van der Waals surface area (Å²) in [7, 11) is -0.654. The number of nitrogens with one attached hydrogen (secondary N) is 1. The summed E-state index contributed by atoms with van der Waals surface area (Å²) in [4.78, 5) is 12.6. The molecule has 0 aliphatic rings. The van der Waals surface area contributed by atoms with Crippen LogP contribution in [0.25, 0.3) is 10.8 Å². The summed E-state index contributed by atoms with van der Waals surface area (Å²) in [6.07, 6.45) is 0. The lowest BCUT2D eigenvalue weighted by Crippen LogP contribution is -2.25. The highest BCUT2D eigenvalue weighted by molar-refractivity contribution is 7.89. The third-order valence-corrected chi connectivity index (χ3v) is 6.01.